The number of likely N-dealkylation sites (tertiary alicyclic amines) is 1. The number of halogens is 2. The molecule has 128 valence electrons. The van der Waals surface area contributed by atoms with E-state index in [9.17, 15) is 4.39 Å². The van der Waals surface area contributed by atoms with Gasteiger partial charge in [-0.3, -0.25) is 0 Å². The third kappa shape index (κ3) is 5.06. The highest BCUT2D eigenvalue weighted by Crippen LogP contribution is 2.22. The van der Waals surface area contributed by atoms with Crippen LogP contribution < -0.4 is 0 Å². The van der Waals surface area contributed by atoms with Crippen LogP contribution in [0.15, 0.2) is 48.5 Å². The van der Waals surface area contributed by atoms with Crippen LogP contribution in [0.3, 0.4) is 0 Å². The fourth-order valence-electron chi connectivity index (χ4n) is 3.61. The minimum absolute atomic E-state index is 0.152. The number of hydrogen-bond donors (Lipinski definition) is 0. The van der Waals surface area contributed by atoms with E-state index in [4.69, 9.17) is 11.6 Å². The normalized spacial score (nSPS) is 18.2. The van der Waals surface area contributed by atoms with Gasteiger partial charge in [-0.05, 0) is 87.0 Å². The van der Waals surface area contributed by atoms with E-state index >= 15 is 0 Å². The van der Waals surface area contributed by atoms with Crippen molar-refractivity contribution in [3.05, 3.63) is 70.5 Å². The number of benzene rings is 2. The lowest BCUT2D eigenvalue weighted by Gasteiger charge is -2.24. The lowest BCUT2D eigenvalue weighted by Crippen LogP contribution is -2.32. The largest absolute Gasteiger partial charge is 0.300 e. The van der Waals surface area contributed by atoms with E-state index in [2.05, 4.69) is 17.0 Å². The average Bonchev–Trinajstić information content (AvgIpc) is 3.02. The van der Waals surface area contributed by atoms with Crippen molar-refractivity contribution in [2.45, 2.75) is 44.6 Å². The summed E-state index contributed by atoms with van der Waals surface area (Å²) >= 11 is 5.97. The van der Waals surface area contributed by atoms with Crippen LogP contribution in [0.5, 0.6) is 0 Å². The first-order chi connectivity index (χ1) is 11.7. The van der Waals surface area contributed by atoms with E-state index in [0.717, 1.165) is 24.3 Å². The SMILES string of the molecule is Fc1ccc(CCCCN2CCCC2Cc2ccc(Cl)cc2)cc1. The molecule has 1 fully saturated rings. The number of nitrogens with zero attached hydrogens (tertiary/aromatic N) is 1. The average molecular weight is 346 g/mol. The van der Waals surface area contributed by atoms with Crippen molar-refractivity contribution in [2.24, 2.45) is 0 Å². The number of unbranched alkanes of at least 4 members (excludes halogenated alkanes) is 1. The summed E-state index contributed by atoms with van der Waals surface area (Å²) in [6, 6.07) is 15.8. The molecule has 0 amide bonds. The Bertz CT molecular complexity index is 623. The zero-order valence-electron chi connectivity index (χ0n) is 14.1. The first kappa shape index (κ1) is 17.4. The smallest absolute Gasteiger partial charge is 0.123 e. The standard InChI is InChI=1S/C21H25ClFN/c22-19-10-6-18(7-11-19)16-21-5-3-15-24(21)14-2-1-4-17-8-12-20(23)13-9-17/h6-13,21H,1-5,14-16H2. The van der Waals surface area contributed by atoms with Crippen molar-refractivity contribution in [2.75, 3.05) is 13.1 Å². The minimum atomic E-state index is -0.152. The van der Waals surface area contributed by atoms with Gasteiger partial charge in [0.2, 0.25) is 0 Å². The third-order valence-corrected chi connectivity index (χ3v) is 5.21. The van der Waals surface area contributed by atoms with Gasteiger partial charge in [-0.15, -0.1) is 0 Å². The fourth-order valence-corrected chi connectivity index (χ4v) is 3.73. The Labute approximate surface area is 149 Å². The van der Waals surface area contributed by atoms with Gasteiger partial charge in [-0.2, -0.15) is 0 Å². The number of rotatable bonds is 7. The Morgan fingerprint density at radius 1 is 0.958 bits per heavy atom. The third-order valence-electron chi connectivity index (χ3n) is 4.96. The molecule has 3 rings (SSSR count). The zero-order valence-corrected chi connectivity index (χ0v) is 14.8. The summed E-state index contributed by atoms with van der Waals surface area (Å²) in [7, 11) is 0. The van der Waals surface area contributed by atoms with Crippen LogP contribution in [0.1, 0.15) is 36.8 Å². The molecule has 0 bridgehead atoms. The highest BCUT2D eigenvalue weighted by atomic mass is 35.5. The van der Waals surface area contributed by atoms with Crippen LogP contribution in [-0.4, -0.2) is 24.0 Å². The lowest BCUT2D eigenvalue weighted by molar-refractivity contribution is 0.247. The fraction of sp³-hybridized carbons (Fsp3) is 0.429. The molecule has 1 atom stereocenters. The predicted molar refractivity (Wildman–Crippen MR) is 99.1 cm³/mol. The van der Waals surface area contributed by atoms with Gasteiger partial charge in [0.05, 0.1) is 0 Å². The summed E-state index contributed by atoms with van der Waals surface area (Å²) in [6.07, 6.45) is 7.12. The van der Waals surface area contributed by atoms with Crippen molar-refractivity contribution in [3.63, 3.8) is 0 Å². The molecule has 24 heavy (non-hydrogen) atoms. The number of aryl methyl sites for hydroxylation is 1. The summed E-state index contributed by atoms with van der Waals surface area (Å²) in [5.41, 5.74) is 2.61. The highest BCUT2D eigenvalue weighted by Gasteiger charge is 2.23. The van der Waals surface area contributed by atoms with Gasteiger partial charge in [-0.1, -0.05) is 35.9 Å². The molecule has 2 aromatic rings. The molecule has 0 N–H and O–H groups in total. The zero-order chi connectivity index (χ0) is 16.8. The van der Waals surface area contributed by atoms with Crippen molar-refractivity contribution in [3.8, 4) is 0 Å². The summed E-state index contributed by atoms with van der Waals surface area (Å²) in [6.45, 7) is 2.38. The predicted octanol–water partition coefficient (Wildman–Crippen LogP) is 5.51. The van der Waals surface area contributed by atoms with Crippen molar-refractivity contribution in [1.29, 1.82) is 0 Å². The van der Waals surface area contributed by atoms with E-state index in [1.165, 1.54) is 43.5 Å². The van der Waals surface area contributed by atoms with Crippen LogP contribution in [-0.2, 0) is 12.8 Å². The Morgan fingerprint density at radius 2 is 1.67 bits per heavy atom. The molecule has 2 aromatic carbocycles. The Kier molecular flexibility index (Phi) is 6.28. The molecular weight excluding hydrogens is 321 g/mol. The van der Waals surface area contributed by atoms with Gasteiger partial charge in [0, 0.05) is 11.1 Å². The Morgan fingerprint density at radius 3 is 2.42 bits per heavy atom. The summed E-state index contributed by atoms with van der Waals surface area (Å²) in [5.74, 6) is -0.152. The van der Waals surface area contributed by atoms with Crippen molar-refractivity contribution >= 4 is 11.6 Å². The molecular formula is C21H25ClFN. The maximum absolute atomic E-state index is 12.9. The van der Waals surface area contributed by atoms with Crippen LogP contribution >= 0.6 is 11.6 Å². The summed E-state index contributed by atoms with van der Waals surface area (Å²) in [4.78, 5) is 2.64. The second kappa shape index (κ2) is 8.64. The molecule has 0 radical (unpaired) electrons. The molecule has 1 nitrogen and oxygen atoms in total. The molecule has 0 aliphatic carbocycles. The maximum atomic E-state index is 12.9. The van der Waals surface area contributed by atoms with Crippen molar-refractivity contribution in [1.82, 2.24) is 4.90 Å². The molecule has 0 spiro atoms. The maximum Gasteiger partial charge on any atom is 0.123 e. The summed E-state index contributed by atoms with van der Waals surface area (Å²) < 4.78 is 12.9. The molecule has 1 saturated heterocycles. The van der Waals surface area contributed by atoms with Gasteiger partial charge in [0.15, 0.2) is 0 Å². The lowest BCUT2D eigenvalue weighted by atomic mass is 10.0. The molecule has 0 aromatic heterocycles. The van der Waals surface area contributed by atoms with E-state index in [1.54, 1.807) is 12.1 Å². The van der Waals surface area contributed by atoms with Gasteiger partial charge in [0.25, 0.3) is 0 Å². The molecule has 1 unspecified atom stereocenters. The van der Waals surface area contributed by atoms with Gasteiger partial charge in [0.1, 0.15) is 5.82 Å². The second-order valence-electron chi connectivity index (χ2n) is 6.75. The minimum Gasteiger partial charge on any atom is -0.300 e. The van der Waals surface area contributed by atoms with E-state index in [1.807, 2.05) is 24.3 Å². The van der Waals surface area contributed by atoms with E-state index in [0.29, 0.717) is 6.04 Å². The number of hydrogen-bond acceptors (Lipinski definition) is 1. The van der Waals surface area contributed by atoms with E-state index < -0.39 is 0 Å². The molecule has 3 heteroatoms. The molecule has 1 aliphatic heterocycles. The van der Waals surface area contributed by atoms with Gasteiger partial charge in [-0.25, -0.2) is 4.39 Å². The molecule has 1 aliphatic rings. The Hall–Kier alpha value is -1.38. The molecule has 0 saturated carbocycles. The van der Waals surface area contributed by atoms with E-state index in [-0.39, 0.29) is 5.82 Å². The van der Waals surface area contributed by atoms with Crippen molar-refractivity contribution < 1.29 is 4.39 Å². The van der Waals surface area contributed by atoms with Crippen LogP contribution in [0.2, 0.25) is 5.02 Å². The van der Waals surface area contributed by atoms with Crippen LogP contribution in [0.25, 0.3) is 0 Å². The van der Waals surface area contributed by atoms with Crippen LogP contribution in [0.4, 0.5) is 4.39 Å². The first-order valence-corrected chi connectivity index (χ1v) is 9.31. The quantitative estimate of drug-likeness (QED) is 0.598. The highest BCUT2D eigenvalue weighted by molar-refractivity contribution is 6.30. The van der Waals surface area contributed by atoms with Gasteiger partial charge < -0.3 is 4.90 Å². The first-order valence-electron chi connectivity index (χ1n) is 8.93. The van der Waals surface area contributed by atoms with Gasteiger partial charge >= 0.3 is 0 Å². The summed E-state index contributed by atoms with van der Waals surface area (Å²) in [5, 5.41) is 0.808. The topological polar surface area (TPSA) is 3.24 Å². The van der Waals surface area contributed by atoms with Crippen LogP contribution in [0, 0.1) is 5.82 Å². The Balaban J connectivity index is 1.42. The second-order valence-corrected chi connectivity index (χ2v) is 7.18. The monoisotopic (exact) mass is 345 g/mol. The molecule has 1 heterocycles.